The second-order valence-electron chi connectivity index (χ2n) is 4.97. The SMILES string of the molecule is CN1C(=O)CCc2cccc(N3CCNCC3)c21. The first-order valence-corrected chi connectivity index (χ1v) is 6.61. The third-order valence-corrected chi connectivity index (χ3v) is 3.87. The number of fused-ring (bicyclic) bond motifs is 1. The summed E-state index contributed by atoms with van der Waals surface area (Å²) in [6, 6.07) is 6.39. The number of hydrogen-bond acceptors (Lipinski definition) is 3. The summed E-state index contributed by atoms with van der Waals surface area (Å²) in [5, 5.41) is 3.36. The molecule has 0 saturated carbocycles. The number of benzene rings is 1. The van der Waals surface area contributed by atoms with Gasteiger partial charge in [-0.3, -0.25) is 4.79 Å². The lowest BCUT2D eigenvalue weighted by molar-refractivity contribution is -0.118. The maximum Gasteiger partial charge on any atom is 0.227 e. The molecule has 4 heteroatoms. The van der Waals surface area contributed by atoms with Gasteiger partial charge in [-0.15, -0.1) is 0 Å². The van der Waals surface area contributed by atoms with E-state index in [2.05, 4.69) is 28.4 Å². The van der Waals surface area contributed by atoms with Crippen LogP contribution in [-0.2, 0) is 11.2 Å². The van der Waals surface area contributed by atoms with Gasteiger partial charge in [0.15, 0.2) is 0 Å². The molecule has 1 aromatic rings. The molecule has 4 nitrogen and oxygen atoms in total. The molecule has 0 spiro atoms. The van der Waals surface area contributed by atoms with Gasteiger partial charge in [-0.2, -0.15) is 0 Å². The molecular weight excluding hydrogens is 226 g/mol. The van der Waals surface area contributed by atoms with Gasteiger partial charge in [-0.1, -0.05) is 12.1 Å². The van der Waals surface area contributed by atoms with Crippen LogP contribution in [0.4, 0.5) is 11.4 Å². The number of hydrogen-bond donors (Lipinski definition) is 1. The molecular formula is C14H19N3O. The molecule has 2 aliphatic heterocycles. The van der Waals surface area contributed by atoms with Crippen LogP contribution in [0.1, 0.15) is 12.0 Å². The molecule has 1 aromatic carbocycles. The van der Waals surface area contributed by atoms with E-state index in [1.54, 1.807) is 0 Å². The predicted octanol–water partition coefficient (Wildman–Crippen LogP) is 1.01. The van der Waals surface area contributed by atoms with Gasteiger partial charge >= 0.3 is 0 Å². The average Bonchev–Trinajstić information content (AvgIpc) is 2.43. The first-order chi connectivity index (χ1) is 8.77. The fourth-order valence-corrected chi connectivity index (χ4v) is 2.86. The summed E-state index contributed by atoms with van der Waals surface area (Å²) in [7, 11) is 1.89. The Hall–Kier alpha value is -1.55. The highest BCUT2D eigenvalue weighted by Crippen LogP contribution is 2.36. The highest BCUT2D eigenvalue weighted by atomic mass is 16.2. The monoisotopic (exact) mass is 245 g/mol. The van der Waals surface area contributed by atoms with E-state index in [0.29, 0.717) is 6.42 Å². The van der Waals surface area contributed by atoms with Crippen molar-refractivity contribution in [2.45, 2.75) is 12.8 Å². The summed E-state index contributed by atoms with van der Waals surface area (Å²) in [5.41, 5.74) is 3.63. The molecule has 1 saturated heterocycles. The molecule has 0 unspecified atom stereocenters. The predicted molar refractivity (Wildman–Crippen MR) is 73.3 cm³/mol. The highest BCUT2D eigenvalue weighted by Gasteiger charge is 2.25. The maximum absolute atomic E-state index is 11.9. The number of rotatable bonds is 1. The van der Waals surface area contributed by atoms with Crippen molar-refractivity contribution in [2.75, 3.05) is 43.0 Å². The first-order valence-electron chi connectivity index (χ1n) is 6.61. The van der Waals surface area contributed by atoms with Crippen LogP contribution in [0.15, 0.2) is 18.2 Å². The summed E-state index contributed by atoms with van der Waals surface area (Å²) in [4.78, 5) is 16.1. The van der Waals surface area contributed by atoms with E-state index in [1.165, 1.54) is 11.3 Å². The number of amides is 1. The van der Waals surface area contributed by atoms with Crippen molar-refractivity contribution in [3.8, 4) is 0 Å². The standard InChI is InChI=1S/C14H19N3O/c1-16-13(18)6-5-11-3-2-4-12(14(11)16)17-9-7-15-8-10-17/h2-4,15H,5-10H2,1H3. The van der Waals surface area contributed by atoms with Crippen LogP contribution < -0.4 is 15.1 Å². The molecule has 0 aromatic heterocycles. The molecule has 3 rings (SSSR count). The van der Waals surface area contributed by atoms with Crippen LogP contribution in [0.5, 0.6) is 0 Å². The fraction of sp³-hybridized carbons (Fsp3) is 0.500. The van der Waals surface area contributed by atoms with Crippen molar-refractivity contribution in [2.24, 2.45) is 0 Å². The van der Waals surface area contributed by atoms with Gasteiger partial charge < -0.3 is 15.1 Å². The van der Waals surface area contributed by atoms with Crippen LogP contribution in [-0.4, -0.2) is 39.1 Å². The molecule has 0 radical (unpaired) electrons. The highest BCUT2D eigenvalue weighted by molar-refractivity contribution is 5.99. The zero-order valence-electron chi connectivity index (χ0n) is 10.8. The molecule has 1 N–H and O–H groups in total. The van der Waals surface area contributed by atoms with Crippen LogP contribution in [0.2, 0.25) is 0 Å². The molecule has 2 heterocycles. The average molecular weight is 245 g/mol. The van der Waals surface area contributed by atoms with Gasteiger partial charge in [-0.05, 0) is 18.1 Å². The zero-order chi connectivity index (χ0) is 12.5. The second kappa shape index (κ2) is 4.61. The van der Waals surface area contributed by atoms with E-state index < -0.39 is 0 Å². The maximum atomic E-state index is 11.9. The Morgan fingerprint density at radius 2 is 1.94 bits per heavy atom. The number of piperazine rings is 1. The normalized spacial score (nSPS) is 19.9. The van der Waals surface area contributed by atoms with Crippen LogP contribution in [0.3, 0.4) is 0 Å². The summed E-state index contributed by atoms with van der Waals surface area (Å²) < 4.78 is 0. The van der Waals surface area contributed by atoms with Crippen molar-refractivity contribution >= 4 is 17.3 Å². The van der Waals surface area contributed by atoms with E-state index in [-0.39, 0.29) is 5.91 Å². The Bertz CT molecular complexity index is 466. The second-order valence-corrected chi connectivity index (χ2v) is 4.97. The Balaban J connectivity index is 2.02. The molecule has 0 bridgehead atoms. The number of carbonyl (C=O) groups is 1. The Morgan fingerprint density at radius 3 is 2.72 bits per heavy atom. The molecule has 0 aliphatic carbocycles. The number of nitrogens with zero attached hydrogens (tertiary/aromatic N) is 2. The Kier molecular flexibility index (Phi) is 2.96. The molecule has 96 valence electrons. The van der Waals surface area contributed by atoms with Gasteiger partial charge in [0, 0.05) is 39.6 Å². The lowest BCUT2D eigenvalue weighted by Gasteiger charge is -2.35. The molecule has 2 aliphatic rings. The largest absolute Gasteiger partial charge is 0.367 e. The number of carbonyl (C=O) groups excluding carboxylic acids is 1. The van der Waals surface area contributed by atoms with E-state index in [9.17, 15) is 4.79 Å². The van der Waals surface area contributed by atoms with Gasteiger partial charge in [0.25, 0.3) is 0 Å². The van der Waals surface area contributed by atoms with Gasteiger partial charge in [0.1, 0.15) is 0 Å². The minimum atomic E-state index is 0.227. The van der Waals surface area contributed by atoms with Crippen LogP contribution in [0, 0.1) is 0 Å². The first kappa shape index (κ1) is 11.5. The van der Waals surface area contributed by atoms with Gasteiger partial charge in [0.2, 0.25) is 5.91 Å². The molecule has 1 amide bonds. The molecule has 0 atom stereocenters. The number of para-hydroxylation sites is 1. The van der Waals surface area contributed by atoms with Crippen molar-refractivity contribution in [1.29, 1.82) is 0 Å². The lowest BCUT2D eigenvalue weighted by Crippen LogP contribution is -2.44. The number of nitrogens with one attached hydrogen (secondary N) is 1. The van der Waals surface area contributed by atoms with E-state index in [4.69, 9.17) is 0 Å². The van der Waals surface area contributed by atoms with Crippen molar-refractivity contribution in [3.63, 3.8) is 0 Å². The topological polar surface area (TPSA) is 35.6 Å². The fourth-order valence-electron chi connectivity index (χ4n) is 2.86. The number of aryl methyl sites for hydroxylation is 1. The quantitative estimate of drug-likeness (QED) is 0.802. The summed E-state index contributed by atoms with van der Waals surface area (Å²) >= 11 is 0. The molecule has 1 fully saturated rings. The smallest absolute Gasteiger partial charge is 0.227 e. The Labute approximate surface area is 108 Å². The van der Waals surface area contributed by atoms with Crippen LogP contribution in [0.25, 0.3) is 0 Å². The minimum Gasteiger partial charge on any atom is -0.367 e. The Morgan fingerprint density at radius 1 is 1.17 bits per heavy atom. The third kappa shape index (κ3) is 1.86. The van der Waals surface area contributed by atoms with Crippen molar-refractivity contribution in [3.05, 3.63) is 23.8 Å². The van der Waals surface area contributed by atoms with E-state index in [1.807, 2.05) is 11.9 Å². The minimum absolute atomic E-state index is 0.227. The lowest BCUT2D eigenvalue weighted by atomic mass is 9.99. The summed E-state index contributed by atoms with van der Waals surface area (Å²) in [6.45, 7) is 4.06. The molecule has 18 heavy (non-hydrogen) atoms. The third-order valence-electron chi connectivity index (χ3n) is 3.87. The van der Waals surface area contributed by atoms with E-state index >= 15 is 0 Å². The van der Waals surface area contributed by atoms with Crippen LogP contribution >= 0.6 is 0 Å². The van der Waals surface area contributed by atoms with E-state index in [0.717, 1.165) is 38.3 Å². The van der Waals surface area contributed by atoms with Gasteiger partial charge in [-0.25, -0.2) is 0 Å². The zero-order valence-corrected chi connectivity index (χ0v) is 10.8. The number of anilines is 2. The summed E-state index contributed by atoms with van der Waals surface area (Å²) in [5.74, 6) is 0.227. The summed E-state index contributed by atoms with van der Waals surface area (Å²) in [6.07, 6.45) is 1.51. The van der Waals surface area contributed by atoms with Crippen molar-refractivity contribution < 1.29 is 4.79 Å². The van der Waals surface area contributed by atoms with Gasteiger partial charge in [0.05, 0.1) is 11.4 Å². The van der Waals surface area contributed by atoms with Crippen molar-refractivity contribution in [1.82, 2.24) is 5.32 Å².